The maximum Gasteiger partial charge on any atom is 0.0638 e. The summed E-state index contributed by atoms with van der Waals surface area (Å²) in [5.74, 6) is 0. The van der Waals surface area contributed by atoms with Gasteiger partial charge in [-0.15, -0.1) is 95.7 Å². The van der Waals surface area contributed by atoms with Crippen LogP contribution in [0.25, 0.3) is 110 Å². The van der Waals surface area contributed by atoms with Crippen LogP contribution in [-0.4, -0.2) is 57.5 Å². The van der Waals surface area contributed by atoms with E-state index < -0.39 is 0 Å². The maximum atomic E-state index is 4.61. The Labute approximate surface area is 510 Å². The van der Waals surface area contributed by atoms with E-state index in [2.05, 4.69) is 130 Å². The van der Waals surface area contributed by atoms with Crippen LogP contribution >= 0.6 is 0 Å². The Kier molecular flexibility index (Phi) is 13.4. The van der Waals surface area contributed by atoms with Gasteiger partial charge in [-0.2, -0.15) is 0 Å². The molecule has 4 aliphatic rings. The van der Waals surface area contributed by atoms with Crippen molar-refractivity contribution in [2.75, 3.05) is 0 Å². The Morgan fingerprint density at radius 3 is 1.46 bits per heavy atom. The molecule has 4 aromatic carbocycles. The summed E-state index contributed by atoms with van der Waals surface area (Å²) in [5.41, 5.74) is 21.5. The van der Waals surface area contributed by atoms with Crippen LogP contribution in [0, 0.1) is 24.3 Å². The first kappa shape index (κ1) is 52.3. The quantitative estimate of drug-likeness (QED) is 0.109. The summed E-state index contributed by atoms with van der Waals surface area (Å²) in [6.07, 6.45) is 25.9. The molecule has 12 aromatic heterocycles. The Hall–Kier alpha value is -7.08. The van der Waals surface area contributed by atoms with Gasteiger partial charge in [0, 0.05) is 164 Å². The summed E-state index contributed by atoms with van der Waals surface area (Å²) in [6, 6.07) is 44.2. The summed E-state index contributed by atoms with van der Waals surface area (Å²) >= 11 is 0. The topological polar surface area (TPSA) is 121 Å². The number of benzene rings is 4. The van der Waals surface area contributed by atoms with E-state index in [9.17, 15) is 0 Å². The molecule has 80 heavy (non-hydrogen) atoms. The van der Waals surface area contributed by atoms with E-state index in [1.54, 1.807) is 6.20 Å². The van der Waals surface area contributed by atoms with E-state index in [1.165, 1.54) is 94.2 Å². The number of aromatic nitrogens is 12. The first-order valence-corrected chi connectivity index (χ1v) is 26.0. The molecule has 16 aromatic rings. The zero-order valence-electron chi connectivity index (χ0n) is 42.2. The zero-order valence-corrected chi connectivity index (χ0v) is 51.8. The molecule has 16 heteroatoms. The third kappa shape index (κ3) is 7.65. The van der Waals surface area contributed by atoms with Crippen molar-refractivity contribution >= 4 is 110 Å². The van der Waals surface area contributed by atoms with Crippen LogP contribution in [0.3, 0.4) is 0 Å². The fourth-order valence-electron chi connectivity index (χ4n) is 12.9. The Morgan fingerprint density at radius 2 is 0.800 bits per heavy atom. The minimum Gasteiger partial charge on any atom is -0.351 e. The number of nitrogens with zero attached hydrogens (tertiary/aromatic N) is 12. The van der Waals surface area contributed by atoms with Crippen LogP contribution in [0.5, 0.6) is 0 Å². The van der Waals surface area contributed by atoms with Gasteiger partial charge < -0.3 is 22.6 Å². The average molecular weight is 1750 g/mol. The second-order valence-corrected chi connectivity index (χ2v) is 20.2. The van der Waals surface area contributed by atoms with Gasteiger partial charge >= 0.3 is 0 Å². The van der Waals surface area contributed by atoms with Gasteiger partial charge in [0.15, 0.2) is 0 Å². The second-order valence-electron chi connectivity index (χ2n) is 20.2. The first-order chi connectivity index (χ1) is 37.7. The van der Waals surface area contributed by atoms with Crippen molar-refractivity contribution in [2.45, 2.75) is 51.4 Å². The fourth-order valence-corrected chi connectivity index (χ4v) is 12.9. The van der Waals surface area contributed by atoms with Gasteiger partial charge in [-0.05, 0) is 102 Å². The van der Waals surface area contributed by atoms with E-state index in [4.69, 9.17) is 0 Å². The molecule has 0 spiro atoms. The third-order valence-electron chi connectivity index (χ3n) is 16.2. The molecule has 0 saturated carbocycles. The zero-order chi connectivity index (χ0) is 49.6. The van der Waals surface area contributed by atoms with Crippen LogP contribution in [0.2, 0.25) is 0 Å². The fraction of sp³-hybridized carbons (Fsp3) is 0.125. The van der Waals surface area contributed by atoms with Crippen molar-refractivity contribution in [3.63, 3.8) is 0 Å². The molecule has 0 fully saturated rings. The molecule has 20 rings (SSSR count). The van der Waals surface area contributed by atoms with Crippen molar-refractivity contribution in [1.82, 2.24) is 57.5 Å². The smallest absolute Gasteiger partial charge is 0.0638 e. The van der Waals surface area contributed by atoms with Gasteiger partial charge in [-0.3, -0.25) is 34.9 Å². The first-order valence-electron chi connectivity index (χ1n) is 26.0. The van der Waals surface area contributed by atoms with Crippen LogP contribution < -0.4 is 0 Å². The van der Waals surface area contributed by atoms with E-state index in [-0.39, 0.29) is 80.4 Å². The van der Waals surface area contributed by atoms with Crippen LogP contribution in [0.4, 0.5) is 0 Å². The molecule has 0 unspecified atom stereocenters. The molecular formula is C64H40Ir4N12-4. The average Bonchev–Trinajstić information content (AvgIpc) is 4.50. The van der Waals surface area contributed by atoms with E-state index in [1.807, 2.05) is 92.0 Å². The molecule has 0 atom stereocenters. The molecule has 0 amide bonds. The van der Waals surface area contributed by atoms with Gasteiger partial charge in [-0.1, -0.05) is 51.3 Å². The van der Waals surface area contributed by atoms with Gasteiger partial charge in [0.05, 0.1) is 44.8 Å². The molecule has 4 aliphatic heterocycles. The number of para-hydroxylation sites is 1. The molecule has 16 heterocycles. The third-order valence-corrected chi connectivity index (χ3v) is 16.2. The Bertz CT molecular complexity index is 4530. The Balaban J connectivity index is 0.0000000991. The van der Waals surface area contributed by atoms with Gasteiger partial charge in [0.25, 0.3) is 0 Å². The number of fused-ring (bicyclic) bond motifs is 12. The molecular weight excluding hydrogens is 1710 g/mol. The van der Waals surface area contributed by atoms with Gasteiger partial charge in [0.1, 0.15) is 0 Å². The number of hydrogen-bond acceptors (Lipinski definition) is 8. The molecule has 396 valence electrons. The summed E-state index contributed by atoms with van der Waals surface area (Å²) in [6.45, 7) is 0. The SMILES string of the molecule is [Ir].[Ir].[Ir].[Ir].[c-]1cccc2c1c1ncc3n1c1c(ccnc21)CC3.[c-]1cccc2c1c1ncc3n1c1c(cncc21)CC3.[c-]1cccc2c1c1ncc3n1c1c(nccc21)CC3.[c-]1ccnc2c1c1ncc3n1c1c(cccc21)CC3. The predicted molar refractivity (Wildman–Crippen MR) is 297 cm³/mol. The minimum absolute atomic E-state index is 0. The maximum absolute atomic E-state index is 4.61. The van der Waals surface area contributed by atoms with Crippen molar-refractivity contribution in [3.05, 3.63) is 216 Å². The van der Waals surface area contributed by atoms with Crippen LogP contribution in [0.1, 0.15) is 45.2 Å². The van der Waals surface area contributed by atoms with Crippen LogP contribution in [0.15, 0.2) is 147 Å². The number of imidazole rings is 4. The number of pyridine rings is 8. The van der Waals surface area contributed by atoms with Crippen LogP contribution in [-0.2, 0) is 132 Å². The number of rotatable bonds is 0. The number of hydrogen-bond donors (Lipinski definition) is 0. The largest absolute Gasteiger partial charge is 0.351 e. The molecule has 0 saturated heterocycles. The molecule has 12 nitrogen and oxygen atoms in total. The standard InChI is InChI=1S/4C16H10N3.4Ir/c1-3-10-6-7-11-9-18-16-13-5-2-8-17-14(13)12(4-1)15(10)19(11)16;1-2-4-13-12(3-1)14-9-17-7-10-5-6-11-8-18-16(13)19(11)15(10)14;1-2-4-13-11(3-1)12-7-8-17-14-6-5-10-9-18-16(13)19(10)15(12)14;1-2-4-13-12(3-1)14-15-10(7-8-17-14)5-6-11-9-18-16(13)19(11)15;;;;/h1-4,8-9H,6-7H2;3*1-3,7-9H,5-6H2;;;;/q4*-1;;;;. The van der Waals surface area contributed by atoms with Gasteiger partial charge in [-0.25, -0.2) is 0 Å². The monoisotopic (exact) mass is 1750 g/mol. The predicted octanol–water partition coefficient (Wildman–Crippen LogP) is 11.7. The van der Waals surface area contributed by atoms with Crippen molar-refractivity contribution in [2.24, 2.45) is 0 Å². The van der Waals surface area contributed by atoms with E-state index in [0.717, 1.165) is 112 Å². The Morgan fingerprint density at radius 1 is 0.312 bits per heavy atom. The van der Waals surface area contributed by atoms with E-state index in [0.29, 0.717) is 0 Å². The molecule has 0 N–H and O–H groups in total. The molecule has 0 bridgehead atoms. The van der Waals surface area contributed by atoms with Crippen molar-refractivity contribution in [3.8, 4) is 0 Å². The molecule has 0 aliphatic carbocycles. The van der Waals surface area contributed by atoms with Gasteiger partial charge in [0.2, 0.25) is 0 Å². The van der Waals surface area contributed by atoms with E-state index >= 15 is 0 Å². The minimum atomic E-state index is 0. The second kappa shape index (κ2) is 20.5. The van der Waals surface area contributed by atoms with Crippen molar-refractivity contribution in [1.29, 1.82) is 0 Å². The number of aryl methyl sites for hydroxylation is 8. The summed E-state index contributed by atoms with van der Waals surface area (Å²) in [4.78, 5) is 36.5. The normalized spacial score (nSPS) is 13.2. The van der Waals surface area contributed by atoms with Crippen molar-refractivity contribution < 1.29 is 80.4 Å². The summed E-state index contributed by atoms with van der Waals surface area (Å²) in [5, 5.41) is 11.5. The molecule has 4 radical (unpaired) electrons. The summed E-state index contributed by atoms with van der Waals surface area (Å²) in [7, 11) is 0. The summed E-state index contributed by atoms with van der Waals surface area (Å²) < 4.78 is 9.10.